The molecule has 0 saturated carbocycles. The zero-order chi connectivity index (χ0) is 22.1. The Hall–Kier alpha value is -0.733. The predicted octanol–water partition coefficient (Wildman–Crippen LogP) is 4.62. The lowest BCUT2D eigenvalue weighted by molar-refractivity contribution is 0.0100. The molecule has 0 spiro atoms. The van der Waals surface area contributed by atoms with Crippen molar-refractivity contribution in [2.45, 2.75) is 61.1 Å². The molecule has 2 aromatic carbocycles. The van der Waals surface area contributed by atoms with Gasteiger partial charge in [-0.2, -0.15) is 0 Å². The highest BCUT2D eigenvalue weighted by atomic mass is 127. The predicted molar refractivity (Wildman–Crippen MR) is 140 cm³/mol. The van der Waals surface area contributed by atoms with Gasteiger partial charge in [0.15, 0.2) is 0 Å². The van der Waals surface area contributed by atoms with Crippen LogP contribution in [-0.4, -0.2) is 55.1 Å². The summed E-state index contributed by atoms with van der Waals surface area (Å²) in [6, 6.07) is 21.9. The lowest BCUT2D eigenvalue weighted by atomic mass is 9.93. The number of halogens is 1. The molecule has 0 N–H and O–H groups in total. The van der Waals surface area contributed by atoms with E-state index in [1.165, 1.54) is 23.2 Å². The van der Waals surface area contributed by atoms with E-state index >= 15 is 0 Å². The Morgan fingerprint density at radius 3 is 1.97 bits per heavy atom. The summed E-state index contributed by atoms with van der Waals surface area (Å²) in [6.45, 7) is 13.1. The Labute approximate surface area is 202 Å². The summed E-state index contributed by atoms with van der Waals surface area (Å²) in [5.41, 5.74) is -0.0795. The van der Waals surface area contributed by atoms with Gasteiger partial charge in [-0.3, -0.25) is 4.90 Å². The second-order valence-corrected chi connectivity index (χ2v) is 16.3. The molecular formula is C26H36INO2Si. The van der Waals surface area contributed by atoms with E-state index in [0.29, 0.717) is 6.61 Å². The Balaban J connectivity index is 1.78. The van der Waals surface area contributed by atoms with Crippen LogP contribution in [-0.2, 0) is 9.16 Å². The van der Waals surface area contributed by atoms with Gasteiger partial charge >= 0.3 is 0 Å². The average Bonchev–Trinajstić information content (AvgIpc) is 3.14. The van der Waals surface area contributed by atoms with Crippen molar-refractivity contribution < 1.29 is 9.16 Å². The summed E-state index contributed by atoms with van der Waals surface area (Å²) in [7, 11) is -2.59. The third-order valence-corrected chi connectivity index (χ3v) is 13.5. The van der Waals surface area contributed by atoms with Crippen molar-refractivity contribution in [3.63, 3.8) is 0 Å². The fraction of sp³-hybridized carbons (Fsp3) is 0.538. The Morgan fingerprint density at radius 1 is 0.968 bits per heavy atom. The molecule has 0 aromatic heterocycles. The standard InChI is InChI=1S/C26H36INO2Si/c1-25(2,3)31(22-11-7-5-8-12-22,23-13-9-6-10-14-23)30-24-19-29-20-26(24,4)28-17-15-21(27)16-18-28/h5-14,21,24H,15-20H2,1-4H3/t24-,26+/m0/s1. The van der Waals surface area contributed by atoms with Crippen LogP contribution < -0.4 is 10.4 Å². The molecule has 168 valence electrons. The number of likely N-dealkylation sites (tertiary alicyclic amines) is 1. The second kappa shape index (κ2) is 9.25. The van der Waals surface area contributed by atoms with Crippen molar-refractivity contribution in [1.29, 1.82) is 0 Å². The van der Waals surface area contributed by atoms with Gasteiger partial charge in [-0.15, -0.1) is 0 Å². The van der Waals surface area contributed by atoms with Crippen molar-refractivity contribution >= 4 is 41.3 Å². The number of alkyl halides is 1. The molecule has 0 amide bonds. The minimum absolute atomic E-state index is 0.0194. The number of hydrogen-bond acceptors (Lipinski definition) is 3. The van der Waals surface area contributed by atoms with Gasteiger partial charge in [-0.05, 0) is 48.3 Å². The monoisotopic (exact) mass is 549 g/mol. The third kappa shape index (κ3) is 4.41. The van der Waals surface area contributed by atoms with E-state index in [-0.39, 0.29) is 16.7 Å². The highest BCUT2D eigenvalue weighted by Gasteiger charge is 2.56. The normalized spacial score (nSPS) is 26.3. The molecule has 0 radical (unpaired) electrons. The maximum atomic E-state index is 7.50. The van der Waals surface area contributed by atoms with E-state index in [9.17, 15) is 0 Å². The van der Waals surface area contributed by atoms with Crippen LogP contribution in [0.25, 0.3) is 0 Å². The molecule has 3 nitrogen and oxygen atoms in total. The van der Waals surface area contributed by atoms with Gasteiger partial charge in [0.2, 0.25) is 0 Å². The fourth-order valence-electron chi connectivity index (χ4n) is 5.36. The Kier molecular flexibility index (Phi) is 6.99. The van der Waals surface area contributed by atoms with E-state index in [1.54, 1.807) is 0 Å². The average molecular weight is 550 g/mol. The minimum Gasteiger partial charge on any atom is -0.400 e. The van der Waals surface area contributed by atoms with E-state index in [1.807, 2.05) is 0 Å². The third-order valence-electron chi connectivity index (χ3n) is 7.24. The van der Waals surface area contributed by atoms with Crippen LogP contribution in [0.2, 0.25) is 5.04 Å². The van der Waals surface area contributed by atoms with Crippen molar-refractivity contribution in [2.24, 2.45) is 0 Å². The van der Waals surface area contributed by atoms with Crippen LogP contribution in [0.3, 0.4) is 0 Å². The molecule has 2 aromatic rings. The molecule has 2 aliphatic rings. The number of hydrogen-bond donors (Lipinski definition) is 0. The molecule has 4 rings (SSSR count). The highest BCUT2D eigenvalue weighted by molar-refractivity contribution is 14.1. The summed E-state index contributed by atoms with van der Waals surface area (Å²) in [5, 5.41) is 2.66. The number of benzene rings is 2. The first kappa shape index (κ1) is 23.4. The number of rotatable bonds is 5. The van der Waals surface area contributed by atoms with Gasteiger partial charge in [0.1, 0.15) is 0 Å². The summed E-state index contributed by atoms with van der Waals surface area (Å²) in [4.78, 5) is 2.65. The van der Waals surface area contributed by atoms with E-state index < -0.39 is 8.32 Å². The molecular weight excluding hydrogens is 513 g/mol. The summed E-state index contributed by atoms with van der Waals surface area (Å²) >= 11 is 2.61. The van der Waals surface area contributed by atoms with Gasteiger partial charge < -0.3 is 9.16 Å². The fourth-order valence-corrected chi connectivity index (χ4v) is 10.7. The molecule has 2 saturated heterocycles. The van der Waals surface area contributed by atoms with Crippen LogP contribution in [0, 0.1) is 0 Å². The largest absolute Gasteiger partial charge is 0.400 e. The van der Waals surface area contributed by atoms with Crippen LogP contribution >= 0.6 is 22.6 Å². The SMILES string of the molecule is CC(C)(C)[Si](O[C@H]1COC[C@@]1(C)N1CCC(I)CC1)(c1ccccc1)c1ccccc1. The van der Waals surface area contributed by atoms with Crippen LogP contribution in [0.1, 0.15) is 40.5 Å². The molecule has 0 aliphatic carbocycles. The lowest BCUT2D eigenvalue weighted by Crippen LogP contribution is -2.70. The summed E-state index contributed by atoms with van der Waals surface area (Å²) in [5.74, 6) is 0. The Morgan fingerprint density at radius 2 is 1.48 bits per heavy atom. The first-order valence-electron chi connectivity index (χ1n) is 11.5. The topological polar surface area (TPSA) is 21.7 Å². The zero-order valence-corrected chi connectivity index (χ0v) is 22.5. The molecule has 2 heterocycles. The second-order valence-electron chi connectivity index (χ2n) is 10.3. The van der Waals surface area contributed by atoms with E-state index in [4.69, 9.17) is 9.16 Å². The van der Waals surface area contributed by atoms with Gasteiger partial charge in [0.25, 0.3) is 8.32 Å². The quantitative estimate of drug-likeness (QED) is 0.309. The van der Waals surface area contributed by atoms with E-state index in [2.05, 4.69) is 116 Å². The Bertz CT molecular complexity index is 809. The lowest BCUT2D eigenvalue weighted by Gasteiger charge is -2.50. The minimum atomic E-state index is -2.59. The van der Waals surface area contributed by atoms with Crippen molar-refractivity contribution in [3.8, 4) is 0 Å². The number of piperidine rings is 1. The molecule has 0 bridgehead atoms. The van der Waals surface area contributed by atoms with Crippen molar-refractivity contribution in [3.05, 3.63) is 60.7 Å². The van der Waals surface area contributed by atoms with Gasteiger partial charge in [-0.1, -0.05) is 104 Å². The first-order chi connectivity index (χ1) is 14.8. The molecule has 0 unspecified atom stereocenters. The molecule has 2 fully saturated rings. The maximum Gasteiger partial charge on any atom is 0.261 e. The van der Waals surface area contributed by atoms with Crippen LogP contribution in [0.5, 0.6) is 0 Å². The molecule has 5 heteroatoms. The summed E-state index contributed by atoms with van der Waals surface area (Å²) in [6.07, 6.45) is 2.56. The van der Waals surface area contributed by atoms with Crippen LogP contribution in [0.4, 0.5) is 0 Å². The van der Waals surface area contributed by atoms with E-state index in [0.717, 1.165) is 23.6 Å². The smallest absolute Gasteiger partial charge is 0.261 e. The van der Waals surface area contributed by atoms with Gasteiger partial charge in [0, 0.05) is 3.92 Å². The summed E-state index contributed by atoms with van der Waals surface area (Å²) < 4.78 is 14.4. The molecule has 2 aliphatic heterocycles. The van der Waals surface area contributed by atoms with Gasteiger partial charge in [-0.25, -0.2) is 0 Å². The number of nitrogens with zero attached hydrogens (tertiary/aromatic N) is 1. The van der Waals surface area contributed by atoms with Crippen molar-refractivity contribution in [2.75, 3.05) is 26.3 Å². The number of ether oxygens (including phenoxy) is 1. The molecule has 31 heavy (non-hydrogen) atoms. The van der Waals surface area contributed by atoms with Crippen LogP contribution in [0.15, 0.2) is 60.7 Å². The van der Waals surface area contributed by atoms with Gasteiger partial charge in [0.05, 0.1) is 24.9 Å². The van der Waals surface area contributed by atoms with Crippen molar-refractivity contribution in [1.82, 2.24) is 4.90 Å². The highest BCUT2D eigenvalue weighted by Crippen LogP contribution is 2.41. The zero-order valence-electron chi connectivity index (χ0n) is 19.3. The first-order valence-corrected chi connectivity index (χ1v) is 14.7. The molecule has 2 atom stereocenters. The maximum absolute atomic E-state index is 7.50.